The SMILES string of the molecule is CCCOc1ccc(C(=O)Oc2ccc(C=NNC(=O)CNC(=O)c3cccc(Cl)c3)cc2OCC)cc1. The summed E-state index contributed by atoms with van der Waals surface area (Å²) in [5.41, 5.74) is 3.64. The third kappa shape index (κ3) is 8.63. The minimum absolute atomic E-state index is 0.244. The molecule has 0 aromatic heterocycles. The minimum Gasteiger partial charge on any atom is -0.494 e. The number of nitrogens with zero attached hydrogens (tertiary/aromatic N) is 1. The lowest BCUT2D eigenvalue weighted by Crippen LogP contribution is -2.34. The Morgan fingerprint density at radius 3 is 2.42 bits per heavy atom. The van der Waals surface area contributed by atoms with Gasteiger partial charge in [-0.25, -0.2) is 10.2 Å². The molecule has 0 aliphatic heterocycles. The van der Waals surface area contributed by atoms with Gasteiger partial charge in [-0.3, -0.25) is 9.59 Å². The smallest absolute Gasteiger partial charge is 0.343 e. The number of hydrogen-bond donors (Lipinski definition) is 2. The van der Waals surface area contributed by atoms with Crippen LogP contribution in [0.3, 0.4) is 0 Å². The number of carbonyl (C=O) groups is 3. The zero-order valence-electron chi connectivity index (χ0n) is 21.0. The predicted octanol–water partition coefficient (Wildman–Crippen LogP) is 4.63. The van der Waals surface area contributed by atoms with Gasteiger partial charge in [-0.2, -0.15) is 5.10 Å². The fraction of sp³-hybridized carbons (Fsp3) is 0.214. The average Bonchev–Trinajstić information content (AvgIpc) is 2.92. The van der Waals surface area contributed by atoms with Crippen LogP contribution in [-0.2, 0) is 4.79 Å². The molecule has 198 valence electrons. The summed E-state index contributed by atoms with van der Waals surface area (Å²) in [5.74, 6) is -0.225. The second-order valence-corrected chi connectivity index (χ2v) is 8.32. The molecule has 0 unspecified atom stereocenters. The van der Waals surface area contributed by atoms with Gasteiger partial charge in [0.15, 0.2) is 11.5 Å². The number of benzene rings is 3. The zero-order chi connectivity index (χ0) is 27.3. The third-order valence-corrected chi connectivity index (χ3v) is 5.17. The molecule has 0 aliphatic carbocycles. The molecule has 10 heteroatoms. The summed E-state index contributed by atoms with van der Waals surface area (Å²) in [5, 5.41) is 6.82. The monoisotopic (exact) mass is 537 g/mol. The van der Waals surface area contributed by atoms with Crippen LogP contribution in [0.25, 0.3) is 0 Å². The molecular weight excluding hydrogens is 510 g/mol. The van der Waals surface area contributed by atoms with Gasteiger partial charge in [-0.15, -0.1) is 0 Å². The number of esters is 1. The van der Waals surface area contributed by atoms with E-state index in [9.17, 15) is 14.4 Å². The van der Waals surface area contributed by atoms with Gasteiger partial charge in [0, 0.05) is 10.6 Å². The second-order valence-electron chi connectivity index (χ2n) is 7.89. The Labute approximate surface area is 225 Å². The highest BCUT2D eigenvalue weighted by Gasteiger charge is 2.14. The molecule has 3 rings (SSSR count). The Hall–Kier alpha value is -4.37. The van der Waals surface area contributed by atoms with Gasteiger partial charge in [0.1, 0.15) is 5.75 Å². The van der Waals surface area contributed by atoms with Gasteiger partial charge >= 0.3 is 5.97 Å². The Bertz CT molecular complexity index is 1290. The summed E-state index contributed by atoms with van der Waals surface area (Å²) in [4.78, 5) is 36.8. The molecule has 3 aromatic rings. The predicted molar refractivity (Wildman–Crippen MR) is 144 cm³/mol. The zero-order valence-corrected chi connectivity index (χ0v) is 21.8. The first-order chi connectivity index (χ1) is 18.4. The van der Waals surface area contributed by atoms with Gasteiger partial charge in [0.25, 0.3) is 11.8 Å². The van der Waals surface area contributed by atoms with E-state index in [1.165, 1.54) is 12.3 Å². The number of hydrogen-bond acceptors (Lipinski definition) is 7. The maximum absolute atomic E-state index is 12.6. The van der Waals surface area contributed by atoms with Crippen molar-refractivity contribution >= 4 is 35.6 Å². The first kappa shape index (κ1) is 28.2. The fourth-order valence-electron chi connectivity index (χ4n) is 3.13. The first-order valence-electron chi connectivity index (χ1n) is 12.0. The molecule has 0 saturated carbocycles. The van der Waals surface area contributed by atoms with Gasteiger partial charge in [-0.05, 0) is 79.6 Å². The van der Waals surface area contributed by atoms with Gasteiger partial charge in [0.2, 0.25) is 0 Å². The van der Waals surface area contributed by atoms with Crippen molar-refractivity contribution in [3.05, 3.63) is 88.4 Å². The molecule has 3 aromatic carbocycles. The molecule has 0 saturated heterocycles. The largest absolute Gasteiger partial charge is 0.494 e. The molecule has 38 heavy (non-hydrogen) atoms. The standard InChI is InChI=1S/C28H28ClN3O6/c1-3-14-37-23-11-9-20(10-12-23)28(35)38-24-13-8-19(15-25(24)36-4-2)17-31-32-26(33)18-30-27(34)21-6-5-7-22(29)16-21/h5-13,15-17H,3-4,14,18H2,1-2H3,(H,30,34)(H,32,33). The van der Waals surface area contributed by atoms with Crippen LogP contribution in [0.2, 0.25) is 5.02 Å². The molecule has 2 amide bonds. The quantitative estimate of drug-likeness (QED) is 0.151. The van der Waals surface area contributed by atoms with E-state index < -0.39 is 17.8 Å². The highest BCUT2D eigenvalue weighted by Crippen LogP contribution is 2.29. The molecule has 0 heterocycles. The van der Waals surface area contributed by atoms with Crippen LogP contribution >= 0.6 is 11.6 Å². The maximum Gasteiger partial charge on any atom is 0.343 e. The lowest BCUT2D eigenvalue weighted by atomic mass is 10.2. The normalized spacial score (nSPS) is 10.6. The van der Waals surface area contributed by atoms with E-state index >= 15 is 0 Å². The number of rotatable bonds is 12. The highest BCUT2D eigenvalue weighted by atomic mass is 35.5. The van der Waals surface area contributed by atoms with Crippen LogP contribution < -0.4 is 25.0 Å². The number of hydrazone groups is 1. The van der Waals surface area contributed by atoms with Crippen molar-refractivity contribution < 1.29 is 28.6 Å². The van der Waals surface area contributed by atoms with Crippen molar-refractivity contribution in [3.8, 4) is 17.2 Å². The molecule has 0 fully saturated rings. The first-order valence-corrected chi connectivity index (χ1v) is 12.3. The van der Waals surface area contributed by atoms with Crippen molar-refractivity contribution in [3.63, 3.8) is 0 Å². The highest BCUT2D eigenvalue weighted by molar-refractivity contribution is 6.31. The molecular formula is C28H28ClN3O6. The van der Waals surface area contributed by atoms with E-state index in [2.05, 4.69) is 15.8 Å². The Kier molecular flexibility index (Phi) is 10.7. The number of halogens is 1. The molecule has 2 N–H and O–H groups in total. The number of ether oxygens (including phenoxy) is 3. The molecule has 0 atom stereocenters. The Morgan fingerprint density at radius 2 is 1.71 bits per heavy atom. The molecule has 0 bridgehead atoms. The third-order valence-electron chi connectivity index (χ3n) is 4.93. The lowest BCUT2D eigenvalue weighted by molar-refractivity contribution is -0.120. The van der Waals surface area contributed by atoms with Crippen LogP contribution in [0.4, 0.5) is 0 Å². The van der Waals surface area contributed by atoms with Crippen LogP contribution in [0, 0.1) is 0 Å². The summed E-state index contributed by atoms with van der Waals surface area (Å²) in [7, 11) is 0. The van der Waals surface area contributed by atoms with Crippen molar-refractivity contribution in [1.29, 1.82) is 0 Å². The Balaban J connectivity index is 1.56. The molecule has 9 nitrogen and oxygen atoms in total. The van der Waals surface area contributed by atoms with E-state index in [4.69, 9.17) is 25.8 Å². The van der Waals surface area contributed by atoms with Crippen molar-refractivity contribution in [2.24, 2.45) is 5.10 Å². The minimum atomic E-state index is -0.540. The molecule has 0 radical (unpaired) electrons. The summed E-state index contributed by atoms with van der Waals surface area (Å²) >= 11 is 5.87. The topological polar surface area (TPSA) is 115 Å². The molecule has 0 aliphatic rings. The number of nitrogens with one attached hydrogen (secondary N) is 2. The summed E-state index contributed by atoms with van der Waals surface area (Å²) in [6.45, 7) is 4.49. The molecule has 0 spiro atoms. The Morgan fingerprint density at radius 1 is 0.921 bits per heavy atom. The maximum atomic E-state index is 12.6. The summed E-state index contributed by atoms with van der Waals surface area (Å²) in [6, 6.07) is 17.9. The second kappa shape index (κ2) is 14.4. The van der Waals surface area contributed by atoms with Crippen LogP contribution in [0.15, 0.2) is 71.8 Å². The van der Waals surface area contributed by atoms with Crippen LogP contribution in [0.1, 0.15) is 46.5 Å². The summed E-state index contributed by atoms with van der Waals surface area (Å²) < 4.78 is 16.7. The fourth-order valence-corrected chi connectivity index (χ4v) is 3.32. The average molecular weight is 538 g/mol. The van der Waals surface area contributed by atoms with Crippen molar-refractivity contribution in [2.45, 2.75) is 20.3 Å². The van der Waals surface area contributed by atoms with E-state index in [0.29, 0.717) is 46.4 Å². The number of carbonyl (C=O) groups excluding carboxylic acids is 3. The lowest BCUT2D eigenvalue weighted by Gasteiger charge is -2.12. The van der Waals surface area contributed by atoms with E-state index in [0.717, 1.165) is 6.42 Å². The van der Waals surface area contributed by atoms with Crippen LogP contribution in [-0.4, -0.2) is 43.8 Å². The van der Waals surface area contributed by atoms with Crippen LogP contribution in [0.5, 0.6) is 17.2 Å². The van der Waals surface area contributed by atoms with E-state index in [1.807, 2.05) is 6.92 Å². The summed E-state index contributed by atoms with van der Waals surface area (Å²) in [6.07, 6.45) is 2.29. The van der Waals surface area contributed by atoms with E-state index in [-0.39, 0.29) is 12.3 Å². The van der Waals surface area contributed by atoms with Gasteiger partial charge < -0.3 is 19.5 Å². The van der Waals surface area contributed by atoms with Crippen molar-refractivity contribution in [2.75, 3.05) is 19.8 Å². The van der Waals surface area contributed by atoms with Gasteiger partial charge in [-0.1, -0.05) is 24.6 Å². The van der Waals surface area contributed by atoms with Gasteiger partial charge in [0.05, 0.1) is 31.5 Å². The van der Waals surface area contributed by atoms with Crippen molar-refractivity contribution in [1.82, 2.24) is 10.7 Å². The number of amides is 2. The van der Waals surface area contributed by atoms with E-state index in [1.54, 1.807) is 67.6 Å².